The number of amides is 3. The Bertz CT molecular complexity index is 1120. The van der Waals surface area contributed by atoms with Gasteiger partial charge in [-0.25, -0.2) is 4.79 Å². The van der Waals surface area contributed by atoms with Crippen LogP contribution in [-0.4, -0.2) is 48.5 Å². The number of carbonyl (C=O) groups is 2. The molecule has 3 amide bonds. The van der Waals surface area contributed by atoms with Gasteiger partial charge in [0.25, 0.3) is 5.91 Å². The second-order valence-electron chi connectivity index (χ2n) is 8.80. The van der Waals surface area contributed by atoms with Crippen LogP contribution in [0.15, 0.2) is 53.2 Å². The molecule has 5 rings (SSSR count). The van der Waals surface area contributed by atoms with Crippen LogP contribution in [0.4, 0.5) is 10.5 Å². The maximum absolute atomic E-state index is 12.9. The van der Waals surface area contributed by atoms with Gasteiger partial charge in [0, 0.05) is 49.0 Å². The van der Waals surface area contributed by atoms with Crippen molar-refractivity contribution in [2.24, 2.45) is 11.3 Å². The van der Waals surface area contributed by atoms with Crippen LogP contribution in [-0.2, 0) is 0 Å². The SMILES string of the molecule is CN(C(=O)N1CCC2(CC1)CC2CNC(=O)c1cc2ccncc2o1)c1ccc(Cl)cc1. The normalized spacial score (nSPS) is 19.2. The third-order valence-electron chi connectivity index (χ3n) is 6.95. The maximum atomic E-state index is 12.9. The van der Waals surface area contributed by atoms with Gasteiger partial charge in [-0.3, -0.25) is 14.7 Å². The van der Waals surface area contributed by atoms with E-state index in [1.54, 1.807) is 42.5 Å². The number of urea groups is 1. The number of rotatable bonds is 4. The van der Waals surface area contributed by atoms with Crippen LogP contribution in [0.1, 0.15) is 29.8 Å². The van der Waals surface area contributed by atoms with E-state index in [1.165, 1.54) is 0 Å². The van der Waals surface area contributed by atoms with E-state index >= 15 is 0 Å². The molecule has 1 aromatic carbocycles. The number of furan rings is 1. The van der Waals surface area contributed by atoms with Crippen LogP contribution >= 0.6 is 11.6 Å². The molecule has 3 heterocycles. The van der Waals surface area contributed by atoms with E-state index in [4.69, 9.17) is 16.0 Å². The summed E-state index contributed by atoms with van der Waals surface area (Å²) in [6.45, 7) is 2.10. The molecule has 32 heavy (non-hydrogen) atoms. The Kier molecular flexibility index (Phi) is 5.29. The lowest BCUT2D eigenvalue weighted by Gasteiger charge is -2.35. The summed E-state index contributed by atoms with van der Waals surface area (Å²) in [6.07, 6.45) is 6.31. The van der Waals surface area contributed by atoms with Crippen molar-refractivity contribution in [2.45, 2.75) is 19.3 Å². The fourth-order valence-corrected chi connectivity index (χ4v) is 4.89. The van der Waals surface area contributed by atoms with Gasteiger partial charge < -0.3 is 14.6 Å². The molecule has 2 aromatic heterocycles. The fraction of sp³-hybridized carbons (Fsp3) is 0.375. The van der Waals surface area contributed by atoms with E-state index in [1.807, 2.05) is 23.1 Å². The highest BCUT2D eigenvalue weighted by Gasteiger charge is 2.55. The summed E-state index contributed by atoms with van der Waals surface area (Å²) in [6, 6.07) is 10.9. The van der Waals surface area contributed by atoms with E-state index in [2.05, 4.69) is 10.3 Å². The van der Waals surface area contributed by atoms with E-state index in [9.17, 15) is 9.59 Å². The van der Waals surface area contributed by atoms with Gasteiger partial charge in [-0.15, -0.1) is 0 Å². The Hall–Kier alpha value is -3.06. The first-order valence-electron chi connectivity index (χ1n) is 10.9. The number of piperidine rings is 1. The molecule has 2 fully saturated rings. The van der Waals surface area contributed by atoms with E-state index < -0.39 is 0 Å². The molecule has 1 saturated heterocycles. The molecule has 3 aromatic rings. The fourth-order valence-electron chi connectivity index (χ4n) is 4.76. The second kappa shape index (κ2) is 8.13. The van der Waals surface area contributed by atoms with Gasteiger partial charge >= 0.3 is 6.03 Å². The molecule has 1 saturated carbocycles. The van der Waals surface area contributed by atoms with Gasteiger partial charge in [0.05, 0.1) is 6.20 Å². The minimum Gasteiger partial charge on any atom is -0.449 e. The molecule has 0 radical (unpaired) electrons. The quantitative estimate of drug-likeness (QED) is 0.629. The van der Waals surface area contributed by atoms with Crippen molar-refractivity contribution in [1.82, 2.24) is 15.2 Å². The summed E-state index contributed by atoms with van der Waals surface area (Å²) in [5.41, 5.74) is 1.68. The summed E-state index contributed by atoms with van der Waals surface area (Å²) in [4.78, 5) is 33.0. The van der Waals surface area contributed by atoms with Gasteiger partial charge in [-0.1, -0.05) is 11.6 Å². The molecular weight excluding hydrogens is 428 g/mol. The highest BCUT2D eigenvalue weighted by atomic mass is 35.5. The van der Waals surface area contributed by atoms with Crippen molar-refractivity contribution in [3.05, 3.63) is 59.6 Å². The number of hydrogen-bond acceptors (Lipinski definition) is 4. The number of benzene rings is 1. The molecule has 8 heteroatoms. The van der Waals surface area contributed by atoms with Crippen molar-refractivity contribution in [3.63, 3.8) is 0 Å². The number of anilines is 1. The molecule has 0 bridgehead atoms. The standard InChI is InChI=1S/C24H25ClN4O3/c1-28(19-4-2-18(25)3-5-19)23(31)29-10-7-24(8-11-29)13-17(24)14-27-22(30)20-12-16-6-9-26-15-21(16)32-20/h2-6,9,12,15,17H,7-8,10-11,13-14H2,1H3,(H,27,30). The molecule has 1 spiro atoms. The largest absolute Gasteiger partial charge is 0.449 e. The monoisotopic (exact) mass is 452 g/mol. The smallest absolute Gasteiger partial charge is 0.324 e. The number of fused-ring (bicyclic) bond motifs is 1. The summed E-state index contributed by atoms with van der Waals surface area (Å²) in [5, 5.41) is 4.54. The highest BCUT2D eigenvalue weighted by molar-refractivity contribution is 6.30. The molecule has 7 nitrogen and oxygen atoms in total. The van der Waals surface area contributed by atoms with Crippen molar-refractivity contribution >= 4 is 40.2 Å². The van der Waals surface area contributed by atoms with Crippen molar-refractivity contribution < 1.29 is 14.0 Å². The first kappa shape index (κ1) is 20.8. The van der Waals surface area contributed by atoms with Crippen molar-refractivity contribution in [3.8, 4) is 0 Å². The molecule has 1 atom stereocenters. The molecular formula is C24H25ClN4O3. The lowest BCUT2D eigenvalue weighted by molar-refractivity contribution is 0.0922. The van der Waals surface area contributed by atoms with Crippen LogP contribution in [0.25, 0.3) is 11.0 Å². The summed E-state index contributed by atoms with van der Waals surface area (Å²) in [7, 11) is 1.79. The van der Waals surface area contributed by atoms with Crippen molar-refractivity contribution in [1.29, 1.82) is 0 Å². The lowest BCUT2D eigenvalue weighted by Crippen LogP contribution is -2.46. The number of halogens is 1. The van der Waals surface area contributed by atoms with Crippen LogP contribution in [0.3, 0.4) is 0 Å². The lowest BCUT2D eigenvalue weighted by atomic mass is 9.91. The van der Waals surface area contributed by atoms with Crippen LogP contribution in [0, 0.1) is 11.3 Å². The Labute approximate surface area is 191 Å². The Balaban J connectivity index is 1.12. The van der Waals surface area contributed by atoms with Gasteiger partial charge in [0.1, 0.15) is 0 Å². The molecule has 2 aliphatic rings. The topological polar surface area (TPSA) is 78.7 Å². The molecule has 1 aliphatic heterocycles. The zero-order valence-corrected chi connectivity index (χ0v) is 18.6. The van der Waals surface area contributed by atoms with E-state index in [0.717, 1.165) is 43.4 Å². The number of likely N-dealkylation sites (tertiary alicyclic amines) is 1. The summed E-state index contributed by atoms with van der Waals surface area (Å²) in [5.74, 6) is 0.567. The minimum atomic E-state index is -0.194. The highest BCUT2D eigenvalue weighted by Crippen LogP contribution is 2.59. The number of aromatic nitrogens is 1. The second-order valence-corrected chi connectivity index (χ2v) is 9.24. The zero-order valence-electron chi connectivity index (χ0n) is 17.9. The Morgan fingerprint density at radius 1 is 1.25 bits per heavy atom. The predicted molar refractivity (Wildman–Crippen MR) is 123 cm³/mol. The maximum Gasteiger partial charge on any atom is 0.324 e. The number of nitrogens with zero attached hydrogens (tertiary/aromatic N) is 3. The molecule has 1 aliphatic carbocycles. The van der Waals surface area contributed by atoms with E-state index in [0.29, 0.717) is 28.8 Å². The number of nitrogens with one attached hydrogen (secondary N) is 1. The van der Waals surface area contributed by atoms with Gasteiger partial charge in [0.2, 0.25) is 0 Å². The average Bonchev–Trinajstić information content (AvgIpc) is 3.28. The summed E-state index contributed by atoms with van der Waals surface area (Å²) < 4.78 is 5.59. The van der Waals surface area contributed by atoms with Gasteiger partial charge in [-0.2, -0.15) is 0 Å². The summed E-state index contributed by atoms with van der Waals surface area (Å²) >= 11 is 5.95. The first-order valence-corrected chi connectivity index (χ1v) is 11.2. The molecule has 166 valence electrons. The van der Waals surface area contributed by atoms with Crippen LogP contribution < -0.4 is 10.2 Å². The first-order chi connectivity index (χ1) is 15.4. The van der Waals surface area contributed by atoms with E-state index in [-0.39, 0.29) is 17.4 Å². The third-order valence-corrected chi connectivity index (χ3v) is 7.20. The third kappa shape index (κ3) is 3.93. The van der Waals surface area contributed by atoms with Gasteiger partial charge in [-0.05, 0) is 67.0 Å². The number of carbonyl (C=O) groups excluding carboxylic acids is 2. The number of pyridine rings is 1. The van der Waals surface area contributed by atoms with Crippen LogP contribution in [0.2, 0.25) is 5.02 Å². The Morgan fingerprint density at radius 2 is 2.00 bits per heavy atom. The van der Waals surface area contributed by atoms with Crippen molar-refractivity contribution in [2.75, 3.05) is 31.6 Å². The average molecular weight is 453 g/mol. The molecule has 1 N–H and O–H groups in total. The van der Waals surface area contributed by atoms with Gasteiger partial charge in [0.15, 0.2) is 11.3 Å². The zero-order chi connectivity index (χ0) is 22.3. The minimum absolute atomic E-state index is 0.00653. The number of hydrogen-bond donors (Lipinski definition) is 1. The molecule has 1 unspecified atom stereocenters. The predicted octanol–water partition coefficient (Wildman–Crippen LogP) is 4.57. The Morgan fingerprint density at radius 3 is 2.72 bits per heavy atom. The van der Waals surface area contributed by atoms with Crippen LogP contribution in [0.5, 0.6) is 0 Å².